The highest BCUT2D eigenvalue weighted by Gasteiger charge is 2.35. The average Bonchev–Trinajstić information content (AvgIpc) is 4.15. The Hall–Kier alpha value is -7.88. The Morgan fingerprint density at radius 2 is 1.23 bits per heavy atom. The molecular weight excluding hydrogens is 933 g/mol. The number of aromatic amines is 2. The zero-order chi connectivity index (χ0) is 51.2. The maximum absolute atomic E-state index is 12.9. The number of benzene rings is 5. The van der Waals surface area contributed by atoms with E-state index in [9.17, 15) is 29.4 Å². The summed E-state index contributed by atoms with van der Waals surface area (Å²) in [5, 5.41) is 19.6. The molecule has 0 saturated carbocycles. The van der Waals surface area contributed by atoms with Gasteiger partial charge in [-0.3, -0.25) is 18.9 Å². The van der Waals surface area contributed by atoms with E-state index in [4.69, 9.17) is 4.42 Å². The fourth-order valence-corrected chi connectivity index (χ4v) is 11.0. The maximum Gasteiger partial charge on any atom is 0.407 e. The number of piperidine rings is 2. The van der Waals surface area contributed by atoms with Crippen molar-refractivity contribution in [1.29, 1.82) is 0 Å². The largest absolute Gasteiger partial charge is 0.472 e. The number of nitrogens with zero attached hydrogens (tertiary/aromatic N) is 6. The van der Waals surface area contributed by atoms with Gasteiger partial charge in [0.05, 0.1) is 34.6 Å². The summed E-state index contributed by atoms with van der Waals surface area (Å²) in [6.07, 6.45) is 10.3. The summed E-state index contributed by atoms with van der Waals surface area (Å²) in [5.74, 6) is 0.0549. The van der Waals surface area contributed by atoms with E-state index < -0.39 is 12.2 Å². The van der Waals surface area contributed by atoms with Crippen LogP contribution in [-0.4, -0.2) is 106 Å². The van der Waals surface area contributed by atoms with Crippen LogP contribution in [0.15, 0.2) is 178 Å². The third-order valence-corrected chi connectivity index (χ3v) is 14.6. The smallest absolute Gasteiger partial charge is 0.407 e. The van der Waals surface area contributed by atoms with Gasteiger partial charge in [0, 0.05) is 76.0 Å². The van der Waals surface area contributed by atoms with Gasteiger partial charge in [0.15, 0.2) is 0 Å². The molecule has 0 bridgehead atoms. The van der Waals surface area contributed by atoms with Crippen LogP contribution in [0, 0.1) is 5.92 Å². The minimum Gasteiger partial charge on any atom is -0.472 e. The molecule has 2 amide bonds. The van der Waals surface area contributed by atoms with Gasteiger partial charge in [-0.05, 0) is 98.0 Å². The maximum atomic E-state index is 12.9. The Morgan fingerprint density at radius 1 is 0.635 bits per heavy atom. The lowest BCUT2D eigenvalue weighted by molar-refractivity contribution is 0.0826. The minimum absolute atomic E-state index is 0.0410. The Morgan fingerprint density at radius 3 is 1.86 bits per heavy atom. The van der Waals surface area contributed by atoms with E-state index in [1.54, 1.807) is 17.4 Å². The monoisotopic (exact) mass is 999 g/mol. The number of rotatable bonds is 18. The van der Waals surface area contributed by atoms with Crippen molar-refractivity contribution in [3.63, 3.8) is 0 Å². The van der Waals surface area contributed by atoms with Gasteiger partial charge < -0.3 is 34.4 Å². The number of carboxylic acid groups (broad SMARTS) is 2. The lowest BCUT2D eigenvalue weighted by atomic mass is 9.87. The first-order valence-corrected chi connectivity index (χ1v) is 25.8. The molecule has 5 heterocycles. The van der Waals surface area contributed by atoms with Crippen molar-refractivity contribution in [3.05, 3.63) is 207 Å². The molecule has 0 aliphatic carbocycles. The number of hydrogen-bond acceptors (Lipinski definition) is 7. The molecule has 15 heteroatoms. The van der Waals surface area contributed by atoms with E-state index >= 15 is 0 Å². The van der Waals surface area contributed by atoms with Gasteiger partial charge in [0.25, 0.3) is 0 Å². The number of para-hydroxylation sites is 4. The molecule has 2 fully saturated rings. The molecule has 8 aromatic rings. The van der Waals surface area contributed by atoms with E-state index in [-0.39, 0.29) is 35.4 Å². The summed E-state index contributed by atoms with van der Waals surface area (Å²) >= 11 is 0. The fraction of sp³-hybridized carbons (Fsp3) is 0.322. The summed E-state index contributed by atoms with van der Waals surface area (Å²) in [4.78, 5) is 63.4. The highest BCUT2D eigenvalue weighted by molar-refractivity contribution is 5.76. The molecule has 5 aromatic carbocycles. The molecule has 2 saturated heterocycles. The number of aromatic nitrogens is 4. The van der Waals surface area contributed by atoms with Crippen molar-refractivity contribution in [3.8, 4) is 0 Å². The van der Waals surface area contributed by atoms with Crippen LogP contribution in [0.3, 0.4) is 0 Å². The molecule has 0 radical (unpaired) electrons. The number of furan rings is 1. The van der Waals surface area contributed by atoms with Crippen molar-refractivity contribution in [1.82, 2.24) is 38.7 Å². The van der Waals surface area contributed by atoms with Crippen molar-refractivity contribution >= 4 is 40.3 Å². The summed E-state index contributed by atoms with van der Waals surface area (Å²) in [6, 6.07) is 48.1. The first kappa shape index (κ1) is 51.0. The zero-order valence-electron chi connectivity index (χ0n) is 41.7. The first-order valence-electron chi connectivity index (χ1n) is 25.8. The first-order chi connectivity index (χ1) is 36.2. The predicted molar refractivity (Wildman–Crippen MR) is 289 cm³/mol. The SMILES string of the molecule is O=C(O)N1CCC(n2c(=O)[nH]c3ccccc32)C(CCCN(Cc2ccccc2)Cc2ccoc2)C1.O=C(O)N1CCC(n2c(=O)[nH]c3ccccc32)CC1CCN(C/C=C/c1ccccc1)Cc1ccccc1. The molecular formula is C59H66N8O7. The summed E-state index contributed by atoms with van der Waals surface area (Å²) in [6.45, 7) is 6.04. The Balaban J connectivity index is 0.000000182. The van der Waals surface area contributed by atoms with Crippen molar-refractivity contribution in [2.24, 2.45) is 5.92 Å². The molecule has 10 rings (SSSR count). The zero-order valence-corrected chi connectivity index (χ0v) is 41.7. The van der Waals surface area contributed by atoms with Crippen molar-refractivity contribution < 1.29 is 24.2 Å². The van der Waals surface area contributed by atoms with Crippen molar-refractivity contribution in [2.45, 2.75) is 76.3 Å². The van der Waals surface area contributed by atoms with Crippen LogP contribution in [0.4, 0.5) is 9.59 Å². The van der Waals surface area contributed by atoms with Gasteiger partial charge in [-0.15, -0.1) is 0 Å². The second-order valence-corrected chi connectivity index (χ2v) is 19.6. The Kier molecular flexibility index (Phi) is 17.0. The van der Waals surface area contributed by atoms with Crippen LogP contribution in [0.1, 0.15) is 72.9 Å². The molecule has 4 N–H and O–H groups in total. The standard InChI is InChI=1S/C31H34N4O3.C28H32N4O4/c36-30-32-28-15-7-8-16-29(28)35(30)27-18-21-34(31(37)38)26(22-27)17-20-33(23-25-12-5-2-6-13-25)19-9-14-24-10-3-1-4-11-24;33-27-29-24-10-4-5-11-26(24)32(27)25-12-15-31(28(34)35)19-23(25)9-6-14-30(18-22-13-16-36-20-22)17-21-7-2-1-3-8-21/h1-16,26-27H,17-23H2,(H,32,36)(H,37,38);1-5,7-8,10-11,13,16,20,23,25H,6,9,12,14-15,17-19H2,(H,29,33)(H,34,35)/b14-9+;. The number of imidazole rings is 2. The van der Waals surface area contributed by atoms with Crippen LogP contribution in [0.25, 0.3) is 28.1 Å². The van der Waals surface area contributed by atoms with Gasteiger partial charge in [0.1, 0.15) is 0 Å². The normalized spacial score (nSPS) is 18.1. The molecule has 15 nitrogen and oxygen atoms in total. The summed E-state index contributed by atoms with van der Waals surface area (Å²) in [5.41, 5.74) is 7.89. The third-order valence-electron chi connectivity index (χ3n) is 14.6. The number of hydrogen-bond donors (Lipinski definition) is 4. The van der Waals surface area contributed by atoms with Gasteiger partial charge >= 0.3 is 23.6 Å². The molecule has 4 atom stereocenters. The van der Waals surface area contributed by atoms with E-state index in [0.29, 0.717) is 45.3 Å². The lowest BCUT2D eigenvalue weighted by Crippen LogP contribution is -2.48. The number of H-pyrrole nitrogens is 2. The highest BCUT2D eigenvalue weighted by atomic mass is 16.4. The number of carbonyl (C=O) groups is 2. The van der Waals surface area contributed by atoms with E-state index in [1.807, 2.05) is 106 Å². The number of amides is 2. The molecule has 2 aliphatic rings. The van der Waals surface area contributed by atoms with Gasteiger partial charge in [-0.2, -0.15) is 0 Å². The molecule has 0 spiro atoms. The topological polar surface area (TPSA) is 176 Å². The van der Waals surface area contributed by atoms with Crippen LogP contribution < -0.4 is 11.4 Å². The van der Waals surface area contributed by atoms with Gasteiger partial charge in [-0.1, -0.05) is 127 Å². The molecule has 3 aromatic heterocycles. The predicted octanol–water partition coefficient (Wildman–Crippen LogP) is 10.6. The van der Waals surface area contributed by atoms with Crippen LogP contribution in [-0.2, 0) is 19.6 Å². The third kappa shape index (κ3) is 13.0. The number of likely N-dealkylation sites (tertiary alicyclic amines) is 2. The van der Waals surface area contributed by atoms with Crippen LogP contribution in [0.5, 0.6) is 0 Å². The van der Waals surface area contributed by atoms with Crippen LogP contribution in [0.2, 0.25) is 0 Å². The number of fused-ring (bicyclic) bond motifs is 2. The highest BCUT2D eigenvalue weighted by Crippen LogP contribution is 2.34. The second kappa shape index (κ2) is 24.7. The molecule has 2 aliphatic heterocycles. The lowest BCUT2D eigenvalue weighted by Gasteiger charge is -2.39. The molecule has 74 heavy (non-hydrogen) atoms. The van der Waals surface area contributed by atoms with Crippen LogP contribution >= 0.6 is 0 Å². The van der Waals surface area contributed by atoms with E-state index in [0.717, 1.165) is 85.3 Å². The Bertz CT molecular complexity index is 3190. The van der Waals surface area contributed by atoms with E-state index in [2.05, 4.69) is 80.5 Å². The second-order valence-electron chi connectivity index (χ2n) is 19.6. The quantitative estimate of drug-likeness (QED) is 0.0652. The van der Waals surface area contributed by atoms with Gasteiger partial charge in [-0.25, -0.2) is 19.2 Å². The summed E-state index contributed by atoms with van der Waals surface area (Å²) in [7, 11) is 0. The average molecular weight is 999 g/mol. The van der Waals surface area contributed by atoms with Gasteiger partial charge in [0.2, 0.25) is 0 Å². The fourth-order valence-electron chi connectivity index (χ4n) is 11.0. The summed E-state index contributed by atoms with van der Waals surface area (Å²) < 4.78 is 8.96. The number of nitrogens with one attached hydrogen (secondary N) is 2. The minimum atomic E-state index is -0.893. The Labute approximate surface area is 430 Å². The van der Waals surface area contributed by atoms with E-state index in [1.165, 1.54) is 16.0 Å². The molecule has 4 unspecified atom stereocenters. The molecule has 384 valence electrons. The van der Waals surface area contributed by atoms with Crippen molar-refractivity contribution in [2.75, 3.05) is 39.3 Å².